The average Bonchev–Trinajstić information content (AvgIpc) is 2.87. The molecule has 2 aliphatic heterocycles. The Balaban J connectivity index is 1.58. The van der Waals surface area contributed by atoms with E-state index in [1.165, 1.54) is 10.4 Å². The van der Waals surface area contributed by atoms with Crippen LogP contribution in [-0.2, 0) is 41.4 Å². The van der Waals surface area contributed by atoms with Gasteiger partial charge in [0, 0.05) is 44.2 Å². The molecule has 38 heavy (non-hydrogen) atoms. The Morgan fingerprint density at radius 3 is 2.45 bits per heavy atom. The number of sulfone groups is 1. The summed E-state index contributed by atoms with van der Waals surface area (Å²) in [6.07, 6.45) is 2.92. The minimum absolute atomic E-state index is 0.0336. The van der Waals surface area contributed by atoms with Crippen molar-refractivity contribution >= 4 is 25.8 Å². The number of carbonyl (C=O) groups is 1. The van der Waals surface area contributed by atoms with Crippen LogP contribution < -0.4 is 5.32 Å². The molecule has 0 saturated carbocycles. The van der Waals surface area contributed by atoms with E-state index in [-0.39, 0.29) is 36.4 Å². The quantitative estimate of drug-likeness (QED) is 0.526. The van der Waals surface area contributed by atoms with Gasteiger partial charge in [-0.05, 0) is 49.8 Å². The van der Waals surface area contributed by atoms with Gasteiger partial charge in [-0.15, -0.1) is 0 Å². The Hall–Kier alpha value is -2.34. The van der Waals surface area contributed by atoms with Crippen LogP contribution in [0.5, 0.6) is 0 Å². The summed E-state index contributed by atoms with van der Waals surface area (Å²) in [7, 11) is -6.97. The molecule has 0 unspecified atom stereocenters. The van der Waals surface area contributed by atoms with Crippen LogP contribution in [-0.4, -0.2) is 64.9 Å². The number of carbonyl (C=O) groups excluding carboxylic acids is 1. The van der Waals surface area contributed by atoms with Crippen LogP contribution in [0.15, 0.2) is 48.5 Å². The van der Waals surface area contributed by atoms with Gasteiger partial charge >= 0.3 is 0 Å². The van der Waals surface area contributed by atoms with Gasteiger partial charge in [0.05, 0.1) is 11.2 Å². The highest BCUT2D eigenvalue weighted by atomic mass is 32.2. The molecule has 2 fully saturated rings. The number of hydrogen-bond donors (Lipinski definition) is 1. The first-order valence-corrected chi connectivity index (χ1v) is 16.4. The molecule has 0 aromatic heterocycles. The molecule has 0 bridgehead atoms. The van der Waals surface area contributed by atoms with Crippen LogP contribution in [0.3, 0.4) is 0 Å². The molecular weight excluding hydrogens is 531 g/mol. The SMILES string of the molecule is C[C@H]1CC[C@H](c2ccccc2)S(=O)(=O)N1Cc1ccc(C2(C(=O)NCCS(C)(=O)=O)CCOCC2)cc1F. The van der Waals surface area contributed by atoms with Gasteiger partial charge in [-0.1, -0.05) is 42.5 Å². The number of sulfonamides is 1. The van der Waals surface area contributed by atoms with Gasteiger partial charge in [0.15, 0.2) is 0 Å². The molecule has 2 saturated heterocycles. The third-order valence-electron chi connectivity index (χ3n) is 7.67. The summed E-state index contributed by atoms with van der Waals surface area (Å²) in [5.74, 6) is -1.14. The first-order chi connectivity index (χ1) is 17.9. The van der Waals surface area contributed by atoms with Crippen LogP contribution in [0.25, 0.3) is 0 Å². The summed E-state index contributed by atoms with van der Waals surface area (Å²) >= 11 is 0. The highest BCUT2D eigenvalue weighted by Gasteiger charge is 2.43. The van der Waals surface area contributed by atoms with Gasteiger partial charge in [-0.3, -0.25) is 4.79 Å². The van der Waals surface area contributed by atoms with E-state index in [2.05, 4.69) is 5.32 Å². The lowest BCUT2D eigenvalue weighted by molar-refractivity contribution is -0.130. The van der Waals surface area contributed by atoms with Gasteiger partial charge in [0.25, 0.3) is 0 Å². The van der Waals surface area contributed by atoms with E-state index in [4.69, 9.17) is 4.74 Å². The number of benzene rings is 2. The second kappa shape index (κ2) is 11.4. The maximum absolute atomic E-state index is 15.5. The molecule has 2 heterocycles. The number of halogens is 1. The molecule has 2 atom stereocenters. The Kier molecular flexibility index (Phi) is 8.61. The van der Waals surface area contributed by atoms with Crippen molar-refractivity contribution in [3.8, 4) is 0 Å². The average molecular weight is 567 g/mol. The molecule has 11 heteroatoms. The van der Waals surface area contributed by atoms with Crippen LogP contribution in [0.2, 0.25) is 0 Å². The minimum Gasteiger partial charge on any atom is -0.381 e. The summed E-state index contributed by atoms with van der Waals surface area (Å²) in [5.41, 5.74) is 0.370. The fraction of sp³-hybridized carbons (Fsp3) is 0.519. The van der Waals surface area contributed by atoms with Crippen LogP contribution in [0.4, 0.5) is 4.39 Å². The Morgan fingerprint density at radius 1 is 1.13 bits per heavy atom. The maximum atomic E-state index is 15.5. The smallest absolute Gasteiger partial charge is 0.230 e. The Labute approximate surface area is 224 Å². The molecule has 1 amide bonds. The standard InChI is InChI=1S/C27H35FN2O6S2/c1-20-8-11-25(21-6-4-3-5-7-21)38(34,35)30(20)19-22-9-10-23(18-24(22)28)27(12-15-36-16-13-27)26(31)29-14-17-37(2,32)33/h3-7,9-10,18,20,25H,8,11-17,19H2,1-2H3,(H,29,31)/t20-,25+/m0/s1. The molecular formula is C27H35FN2O6S2. The summed E-state index contributed by atoms with van der Waals surface area (Å²) in [4.78, 5) is 13.2. The zero-order valence-electron chi connectivity index (χ0n) is 21.7. The first kappa shape index (κ1) is 28.7. The molecule has 0 radical (unpaired) electrons. The zero-order chi connectivity index (χ0) is 27.6. The van der Waals surface area contributed by atoms with E-state index in [9.17, 15) is 21.6 Å². The van der Waals surface area contributed by atoms with Crippen molar-refractivity contribution in [1.29, 1.82) is 0 Å². The highest BCUT2D eigenvalue weighted by molar-refractivity contribution is 7.90. The highest BCUT2D eigenvalue weighted by Crippen LogP contribution is 2.39. The summed E-state index contributed by atoms with van der Waals surface area (Å²) in [5, 5.41) is 2.02. The third-order valence-corrected chi connectivity index (χ3v) is 11.0. The molecule has 0 aliphatic carbocycles. The fourth-order valence-corrected chi connectivity index (χ4v) is 8.04. The van der Waals surface area contributed by atoms with Crippen molar-refractivity contribution in [2.75, 3.05) is 31.8 Å². The van der Waals surface area contributed by atoms with Crippen molar-refractivity contribution in [1.82, 2.24) is 9.62 Å². The van der Waals surface area contributed by atoms with E-state index in [1.807, 2.05) is 25.1 Å². The summed E-state index contributed by atoms with van der Waals surface area (Å²) in [6.45, 7) is 2.33. The number of ether oxygens (including phenoxy) is 1. The van der Waals surface area contributed by atoms with E-state index in [0.717, 1.165) is 11.8 Å². The third kappa shape index (κ3) is 6.11. The molecule has 2 aliphatic rings. The summed E-state index contributed by atoms with van der Waals surface area (Å²) in [6, 6.07) is 13.3. The number of hydrogen-bond acceptors (Lipinski definition) is 6. The molecule has 2 aromatic rings. The van der Waals surface area contributed by atoms with Crippen molar-refractivity contribution in [2.24, 2.45) is 0 Å². The Morgan fingerprint density at radius 2 is 1.82 bits per heavy atom. The van der Waals surface area contributed by atoms with Crippen molar-refractivity contribution in [3.05, 3.63) is 71.0 Å². The first-order valence-electron chi connectivity index (χ1n) is 12.8. The lowest BCUT2D eigenvalue weighted by Gasteiger charge is -2.38. The minimum atomic E-state index is -3.72. The summed E-state index contributed by atoms with van der Waals surface area (Å²) < 4.78 is 72.5. The van der Waals surface area contributed by atoms with Crippen molar-refractivity contribution in [2.45, 2.75) is 55.9 Å². The number of amides is 1. The molecule has 208 valence electrons. The number of nitrogens with zero attached hydrogens (tertiary/aromatic N) is 1. The van der Waals surface area contributed by atoms with Gasteiger partial charge in [-0.25, -0.2) is 21.2 Å². The van der Waals surface area contributed by atoms with Crippen LogP contribution in [0.1, 0.15) is 54.5 Å². The van der Waals surface area contributed by atoms with Crippen LogP contribution in [0, 0.1) is 5.82 Å². The zero-order valence-corrected chi connectivity index (χ0v) is 23.4. The lowest BCUT2D eigenvalue weighted by atomic mass is 9.73. The maximum Gasteiger partial charge on any atom is 0.230 e. The van der Waals surface area contributed by atoms with Gasteiger partial charge in [0.2, 0.25) is 15.9 Å². The largest absolute Gasteiger partial charge is 0.381 e. The van der Waals surface area contributed by atoms with Crippen molar-refractivity contribution < 1.29 is 30.8 Å². The molecule has 2 aromatic carbocycles. The number of rotatable bonds is 8. The predicted molar refractivity (Wildman–Crippen MR) is 143 cm³/mol. The van der Waals surface area contributed by atoms with Crippen molar-refractivity contribution in [3.63, 3.8) is 0 Å². The molecule has 1 N–H and O–H groups in total. The number of nitrogens with one attached hydrogen (secondary N) is 1. The van der Waals surface area contributed by atoms with E-state index >= 15 is 4.39 Å². The topological polar surface area (TPSA) is 110 Å². The van der Waals surface area contributed by atoms with Gasteiger partial charge in [0.1, 0.15) is 20.9 Å². The van der Waals surface area contributed by atoms with E-state index in [0.29, 0.717) is 44.5 Å². The van der Waals surface area contributed by atoms with Crippen LogP contribution >= 0.6 is 0 Å². The monoisotopic (exact) mass is 566 g/mol. The molecule has 0 spiro atoms. The predicted octanol–water partition coefficient (Wildman–Crippen LogP) is 3.09. The lowest BCUT2D eigenvalue weighted by Crippen LogP contribution is -2.49. The fourth-order valence-electron chi connectivity index (χ4n) is 5.38. The van der Waals surface area contributed by atoms with E-state index in [1.54, 1.807) is 24.3 Å². The molecule has 4 rings (SSSR count). The van der Waals surface area contributed by atoms with Gasteiger partial charge < -0.3 is 10.1 Å². The normalized spacial score (nSPS) is 23.6. The second-order valence-electron chi connectivity index (χ2n) is 10.3. The second-order valence-corrected chi connectivity index (χ2v) is 14.6. The van der Waals surface area contributed by atoms with E-state index < -0.39 is 36.3 Å². The van der Waals surface area contributed by atoms with Gasteiger partial charge in [-0.2, -0.15) is 4.31 Å². The molecule has 8 nitrogen and oxygen atoms in total. The Bertz CT molecular complexity index is 1360.